The Hall–Kier alpha value is -4.94. The summed E-state index contributed by atoms with van der Waals surface area (Å²) in [7, 11) is 0. The van der Waals surface area contributed by atoms with Crippen LogP contribution in [-0.2, 0) is 0 Å². The maximum Gasteiger partial charge on any atom is 0.410 e. The zero-order valence-electron chi connectivity index (χ0n) is 22.7. The first-order valence-electron chi connectivity index (χ1n) is 13.3. The number of nitrogens with one attached hydrogen (secondary N) is 3. The van der Waals surface area contributed by atoms with Crippen molar-refractivity contribution >= 4 is 29.0 Å². The van der Waals surface area contributed by atoms with Crippen LogP contribution < -0.4 is 25.4 Å². The van der Waals surface area contributed by atoms with Gasteiger partial charge in [0.1, 0.15) is 23.1 Å². The van der Waals surface area contributed by atoms with Crippen molar-refractivity contribution in [1.29, 1.82) is 0 Å². The van der Waals surface area contributed by atoms with Crippen molar-refractivity contribution in [3.63, 3.8) is 0 Å². The molecule has 0 radical (unpaired) electrons. The zero-order valence-corrected chi connectivity index (χ0v) is 22.7. The van der Waals surface area contributed by atoms with Gasteiger partial charge in [-0.1, -0.05) is 18.2 Å². The molecule has 0 saturated heterocycles. The molecule has 220 valence electrons. The van der Waals surface area contributed by atoms with E-state index in [9.17, 15) is 22.8 Å². The number of nitrogens with zero attached hydrogens (tertiary/aromatic N) is 2. The van der Waals surface area contributed by atoms with Gasteiger partial charge in [-0.05, 0) is 38.1 Å². The predicted octanol–water partition coefficient (Wildman–Crippen LogP) is 6.44. The Kier molecular flexibility index (Phi) is 8.09. The number of carbonyl (C=O) groups excluding carboxylic acids is 2. The number of benzene rings is 2. The first-order chi connectivity index (χ1) is 20.2. The van der Waals surface area contributed by atoms with Crippen molar-refractivity contribution in [2.45, 2.75) is 38.5 Å². The summed E-state index contributed by atoms with van der Waals surface area (Å²) in [5.41, 5.74) is 0.682. The molecule has 2 aromatic heterocycles. The van der Waals surface area contributed by atoms with Crippen LogP contribution in [0.2, 0.25) is 0 Å². The summed E-state index contributed by atoms with van der Waals surface area (Å²) in [4.78, 5) is 26.1. The third-order valence-corrected chi connectivity index (χ3v) is 6.52. The average Bonchev–Trinajstić information content (AvgIpc) is 3.65. The summed E-state index contributed by atoms with van der Waals surface area (Å²) in [5, 5.41) is 12.4. The molecule has 2 amide bonds. The number of aromatic nitrogens is 2. The maximum atomic E-state index is 14.0. The Morgan fingerprint density at radius 3 is 2.19 bits per heavy atom. The van der Waals surface area contributed by atoms with Crippen LogP contribution in [0, 0.1) is 0 Å². The maximum absolute atomic E-state index is 14.0. The monoisotopic (exact) mass is 583 g/mol. The number of ether oxygens (including phenoxy) is 2. The molecule has 0 saturated carbocycles. The highest BCUT2D eigenvalue weighted by Crippen LogP contribution is 2.44. The van der Waals surface area contributed by atoms with Crippen LogP contribution in [-0.4, -0.2) is 41.0 Å². The number of halogens is 3. The molecule has 13 heteroatoms. The molecule has 2 aromatic carbocycles. The van der Waals surface area contributed by atoms with Crippen LogP contribution in [0.15, 0.2) is 71.3 Å². The number of fused-ring (bicyclic) bond motifs is 1. The number of rotatable bonds is 9. The van der Waals surface area contributed by atoms with Gasteiger partial charge in [0.25, 0.3) is 11.8 Å². The summed E-state index contributed by atoms with van der Waals surface area (Å²) < 4.78 is 59.5. The highest BCUT2D eigenvalue weighted by atomic mass is 19.4. The summed E-state index contributed by atoms with van der Waals surface area (Å²) >= 11 is 0. The van der Waals surface area contributed by atoms with Crippen molar-refractivity contribution in [1.82, 2.24) is 9.78 Å². The second-order valence-electron chi connectivity index (χ2n) is 9.35. The Labute approximate surface area is 238 Å². The zero-order chi connectivity index (χ0) is 29.9. The third kappa shape index (κ3) is 6.04. The molecular formula is C29H28F3N5O5. The van der Waals surface area contributed by atoms with E-state index in [0.29, 0.717) is 17.0 Å². The molecule has 1 aliphatic rings. The molecule has 1 aliphatic heterocycles. The molecule has 0 aliphatic carbocycles. The second kappa shape index (κ2) is 11.9. The number of alkyl halides is 3. The van der Waals surface area contributed by atoms with Gasteiger partial charge in [0, 0.05) is 30.2 Å². The molecule has 0 bridgehead atoms. The number of furan rings is 1. The highest BCUT2D eigenvalue weighted by molar-refractivity contribution is 6.07. The summed E-state index contributed by atoms with van der Waals surface area (Å²) in [6, 6.07) is 13.3. The van der Waals surface area contributed by atoms with Gasteiger partial charge in [-0.3, -0.25) is 9.59 Å². The fraction of sp³-hybridized carbons (Fsp3) is 0.276. The van der Waals surface area contributed by atoms with Crippen molar-refractivity contribution < 1.29 is 36.7 Å². The molecular weight excluding hydrogens is 555 g/mol. The minimum atomic E-state index is -4.62. The van der Waals surface area contributed by atoms with Gasteiger partial charge in [0.15, 0.2) is 11.7 Å². The predicted molar refractivity (Wildman–Crippen MR) is 148 cm³/mol. The van der Waals surface area contributed by atoms with Gasteiger partial charge in [-0.25, -0.2) is 4.68 Å². The van der Waals surface area contributed by atoms with Gasteiger partial charge in [0.2, 0.25) is 0 Å². The molecule has 42 heavy (non-hydrogen) atoms. The van der Waals surface area contributed by atoms with E-state index in [1.165, 1.54) is 24.5 Å². The first kappa shape index (κ1) is 28.6. The first-order valence-corrected chi connectivity index (χ1v) is 13.3. The second-order valence-corrected chi connectivity index (χ2v) is 9.35. The van der Waals surface area contributed by atoms with E-state index in [2.05, 4.69) is 21.0 Å². The van der Waals surface area contributed by atoms with Crippen molar-refractivity contribution in [3.05, 3.63) is 83.9 Å². The van der Waals surface area contributed by atoms with Crippen LogP contribution in [0.25, 0.3) is 0 Å². The largest absolute Gasteiger partial charge is 0.492 e. The summed E-state index contributed by atoms with van der Waals surface area (Å²) in [6.07, 6.45) is -3.60. The Morgan fingerprint density at radius 2 is 1.62 bits per heavy atom. The van der Waals surface area contributed by atoms with Crippen LogP contribution in [0.1, 0.15) is 59.0 Å². The lowest BCUT2D eigenvalue weighted by Gasteiger charge is -2.32. The molecule has 3 heterocycles. The molecule has 0 spiro atoms. The van der Waals surface area contributed by atoms with Gasteiger partial charge < -0.3 is 29.8 Å². The minimum absolute atomic E-state index is 0.0223. The molecule has 4 aromatic rings. The minimum Gasteiger partial charge on any atom is -0.492 e. The average molecular weight is 584 g/mol. The molecule has 2 atom stereocenters. The number of anilines is 3. The highest BCUT2D eigenvalue weighted by Gasteiger charge is 2.47. The standard InChI is InChI=1S/C29H28F3N5O5/c1-3-40-23-14-19(24(41-4-2)13-18(23)34-27(38)17-9-6-5-7-10-17)35-28(39)21-16-26-33-20(22-11-8-12-42-22)15-25(29(30,31)32)37(26)36-21/h5-14,16,20,25,33H,3-4,15H2,1-2H3,(H,34,38)(H,35,39)/t20-,25+/m0/s1. The Bertz CT molecular complexity index is 1550. The van der Waals surface area contributed by atoms with E-state index in [4.69, 9.17) is 13.9 Å². The van der Waals surface area contributed by atoms with Crippen molar-refractivity contribution in [3.8, 4) is 11.5 Å². The van der Waals surface area contributed by atoms with Crippen molar-refractivity contribution in [2.24, 2.45) is 0 Å². The molecule has 3 N–H and O–H groups in total. The van der Waals surface area contributed by atoms with Crippen LogP contribution in [0.3, 0.4) is 0 Å². The summed E-state index contributed by atoms with van der Waals surface area (Å²) in [5.74, 6) is -0.311. The number of hydrogen-bond donors (Lipinski definition) is 3. The van der Waals surface area contributed by atoms with Gasteiger partial charge in [0.05, 0.1) is 36.9 Å². The fourth-order valence-corrected chi connectivity index (χ4v) is 4.64. The molecule has 10 nitrogen and oxygen atoms in total. The quantitative estimate of drug-likeness (QED) is 0.208. The van der Waals surface area contributed by atoms with Crippen LogP contribution in [0.5, 0.6) is 11.5 Å². The van der Waals surface area contributed by atoms with Gasteiger partial charge in [-0.2, -0.15) is 18.3 Å². The molecule has 0 unspecified atom stereocenters. The fourth-order valence-electron chi connectivity index (χ4n) is 4.64. The van der Waals surface area contributed by atoms with Crippen LogP contribution in [0.4, 0.5) is 30.4 Å². The third-order valence-electron chi connectivity index (χ3n) is 6.52. The molecule has 0 fully saturated rings. The van der Waals surface area contributed by atoms with E-state index in [1.54, 1.807) is 56.3 Å². The summed E-state index contributed by atoms with van der Waals surface area (Å²) in [6.45, 7) is 3.98. The lowest BCUT2D eigenvalue weighted by Crippen LogP contribution is -2.35. The Morgan fingerprint density at radius 1 is 0.976 bits per heavy atom. The SMILES string of the molecule is CCOc1cc(NC(=O)c2cc3n(n2)[C@@H](C(F)(F)F)C[C@@H](c2ccco2)N3)c(OCC)cc1NC(=O)c1ccccc1. The topological polar surface area (TPSA) is 120 Å². The van der Waals surface area contributed by atoms with Crippen LogP contribution >= 0.6 is 0 Å². The van der Waals surface area contributed by atoms with E-state index < -0.39 is 24.2 Å². The van der Waals surface area contributed by atoms with Gasteiger partial charge >= 0.3 is 6.18 Å². The van der Waals surface area contributed by atoms with Crippen molar-refractivity contribution in [2.75, 3.05) is 29.2 Å². The lowest BCUT2D eigenvalue weighted by molar-refractivity contribution is -0.174. The van der Waals surface area contributed by atoms with E-state index in [0.717, 1.165) is 4.68 Å². The number of amides is 2. The number of carbonyl (C=O) groups is 2. The lowest BCUT2D eigenvalue weighted by atomic mass is 10.0. The normalized spacial score (nSPS) is 16.2. The van der Waals surface area contributed by atoms with Gasteiger partial charge in [-0.15, -0.1) is 0 Å². The number of hydrogen-bond acceptors (Lipinski definition) is 7. The Balaban J connectivity index is 1.43. The van der Waals surface area contributed by atoms with E-state index in [-0.39, 0.29) is 54.2 Å². The van der Waals surface area contributed by atoms with E-state index >= 15 is 0 Å². The molecule has 5 rings (SSSR count). The van der Waals surface area contributed by atoms with E-state index in [1.807, 2.05) is 0 Å². The smallest absolute Gasteiger partial charge is 0.410 e.